The zero-order chi connectivity index (χ0) is 14.7. The number of ether oxygens (including phenoxy) is 2. The highest BCUT2D eigenvalue weighted by Crippen LogP contribution is 2.22. The molecule has 0 radical (unpaired) electrons. The summed E-state index contributed by atoms with van der Waals surface area (Å²) in [5, 5.41) is 38.1. The van der Waals surface area contributed by atoms with E-state index in [1.807, 2.05) is 0 Å². The van der Waals surface area contributed by atoms with Gasteiger partial charge in [0.25, 0.3) is 0 Å². The van der Waals surface area contributed by atoms with Crippen LogP contribution < -0.4 is 0 Å². The Labute approximate surface area is 112 Å². The van der Waals surface area contributed by atoms with Crippen LogP contribution in [-0.4, -0.2) is 57.7 Å². The average Bonchev–Trinajstić information content (AvgIpc) is 2.48. The van der Waals surface area contributed by atoms with E-state index >= 15 is 0 Å². The van der Waals surface area contributed by atoms with Crippen molar-refractivity contribution in [3.63, 3.8) is 0 Å². The van der Waals surface area contributed by atoms with Crippen LogP contribution in [0.2, 0.25) is 0 Å². The zero-order valence-electron chi connectivity index (χ0n) is 11.2. The quantitative estimate of drug-likeness (QED) is 0.561. The maximum atomic E-state index is 9.79. The minimum absolute atomic E-state index is 0.529. The highest BCUT2D eigenvalue weighted by atomic mass is 16.7. The molecular formula is C13H18O6. The van der Waals surface area contributed by atoms with Gasteiger partial charge in [-0.2, -0.15) is 0 Å². The minimum Gasteiger partial charge on any atom is -0.394 e. The van der Waals surface area contributed by atoms with Gasteiger partial charge < -0.3 is 29.9 Å². The topological polar surface area (TPSA) is 99.4 Å². The number of hydrogen-bond donors (Lipinski definition) is 4. The van der Waals surface area contributed by atoms with Crippen LogP contribution in [0.15, 0.2) is 30.3 Å². The maximum Gasteiger partial charge on any atom is 0.187 e. The fourth-order valence-corrected chi connectivity index (χ4v) is 1.86. The fourth-order valence-electron chi connectivity index (χ4n) is 1.86. The standard InChI is InChI=1S/C13H18O6/c14-6-9-10(15)11(16)12(17)13(19-9)18-7-8-4-2-1-3-5-8/h1-5,9-17H,6-7H2/t9-,10-,11+,12-,13?/m1/s1/i7D/t7?,9-,10-,11+,12-,13?. The van der Waals surface area contributed by atoms with Crippen LogP contribution in [0.3, 0.4) is 0 Å². The second-order valence-electron chi connectivity index (χ2n) is 4.36. The lowest BCUT2D eigenvalue weighted by molar-refractivity contribution is -0.304. The molecule has 6 nitrogen and oxygen atoms in total. The third-order valence-electron chi connectivity index (χ3n) is 2.99. The number of aliphatic hydroxyl groups excluding tert-OH is 4. The number of benzene rings is 1. The highest BCUT2D eigenvalue weighted by molar-refractivity contribution is 5.13. The van der Waals surface area contributed by atoms with Crippen molar-refractivity contribution >= 4 is 0 Å². The summed E-state index contributed by atoms with van der Waals surface area (Å²) >= 11 is 0. The molecule has 0 saturated carbocycles. The first-order chi connectivity index (χ1) is 9.54. The zero-order valence-corrected chi connectivity index (χ0v) is 10.2. The smallest absolute Gasteiger partial charge is 0.187 e. The van der Waals surface area contributed by atoms with E-state index < -0.39 is 43.9 Å². The molecule has 2 unspecified atom stereocenters. The third-order valence-corrected chi connectivity index (χ3v) is 2.99. The van der Waals surface area contributed by atoms with Gasteiger partial charge in [-0.15, -0.1) is 0 Å². The molecule has 6 atom stereocenters. The van der Waals surface area contributed by atoms with Gasteiger partial charge in [0.15, 0.2) is 6.29 Å². The molecule has 19 heavy (non-hydrogen) atoms. The molecule has 1 aromatic rings. The van der Waals surface area contributed by atoms with Gasteiger partial charge in [0.05, 0.1) is 14.6 Å². The average molecular weight is 271 g/mol. The molecule has 1 fully saturated rings. The molecule has 2 rings (SSSR count). The molecular weight excluding hydrogens is 252 g/mol. The Hall–Kier alpha value is -1.02. The van der Waals surface area contributed by atoms with Crippen molar-refractivity contribution in [3.8, 4) is 0 Å². The van der Waals surface area contributed by atoms with Gasteiger partial charge in [0.1, 0.15) is 24.4 Å². The molecule has 1 heterocycles. The van der Waals surface area contributed by atoms with E-state index in [4.69, 9.17) is 16.0 Å². The van der Waals surface area contributed by atoms with Crippen molar-refractivity contribution in [2.75, 3.05) is 6.61 Å². The van der Waals surface area contributed by atoms with E-state index in [2.05, 4.69) is 0 Å². The summed E-state index contributed by atoms with van der Waals surface area (Å²) in [6, 6.07) is 8.65. The van der Waals surface area contributed by atoms with E-state index in [0.717, 1.165) is 0 Å². The SMILES string of the molecule is [2H]C(OC1O[C@H](CO)[C@@H](O)[C@H](O)[C@H]1O)c1ccccc1. The number of hydrogen-bond acceptors (Lipinski definition) is 6. The monoisotopic (exact) mass is 271 g/mol. The molecule has 106 valence electrons. The molecule has 4 N–H and O–H groups in total. The normalized spacial score (nSPS) is 37.7. The first kappa shape index (κ1) is 13.0. The summed E-state index contributed by atoms with van der Waals surface area (Å²) in [4.78, 5) is 0. The van der Waals surface area contributed by atoms with Crippen molar-refractivity contribution in [2.24, 2.45) is 0 Å². The molecule has 1 aliphatic rings. The van der Waals surface area contributed by atoms with Crippen LogP contribution >= 0.6 is 0 Å². The first-order valence-electron chi connectivity index (χ1n) is 6.55. The van der Waals surface area contributed by atoms with Gasteiger partial charge >= 0.3 is 0 Å². The van der Waals surface area contributed by atoms with Gasteiger partial charge in [-0.1, -0.05) is 30.3 Å². The van der Waals surface area contributed by atoms with Crippen LogP contribution in [0, 0.1) is 0 Å². The summed E-state index contributed by atoms with van der Waals surface area (Å²) in [6.07, 6.45) is -6.77. The van der Waals surface area contributed by atoms with E-state index in [-0.39, 0.29) is 0 Å². The Morgan fingerprint density at radius 3 is 2.42 bits per heavy atom. The molecule has 0 spiro atoms. The summed E-state index contributed by atoms with van der Waals surface area (Å²) in [5.41, 5.74) is 0.560. The third kappa shape index (κ3) is 3.30. The largest absolute Gasteiger partial charge is 0.394 e. The number of rotatable bonds is 4. The van der Waals surface area contributed by atoms with Crippen molar-refractivity contribution < 1.29 is 31.3 Å². The van der Waals surface area contributed by atoms with Gasteiger partial charge in [-0.05, 0) is 5.56 Å². The molecule has 0 amide bonds. The van der Waals surface area contributed by atoms with Gasteiger partial charge in [0.2, 0.25) is 0 Å². The van der Waals surface area contributed by atoms with Crippen LogP contribution in [0.1, 0.15) is 6.93 Å². The van der Waals surface area contributed by atoms with Crippen LogP contribution in [0.5, 0.6) is 0 Å². The van der Waals surface area contributed by atoms with Gasteiger partial charge in [-0.3, -0.25) is 0 Å². The lowest BCUT2D eigenvalue weighted by Gasteiger charge is -2.39. The van der Waals surface area contributed by atoms with E-state index in [0.29, 0.717) is 5.56 Å². The van der Waals surface area contributed by atoms with Crippen LogP contribution in [0.25, 0.3) is 0 Å². The molecule has 6 heteroatoms. The van der Waals surface area contributed by atoms with E-state index in [1.165, 1.54) is 0 Å². The Morgan fingerprint density at radius 2 is 1.79 bits per heavy atom. The highest BCUT2D eigenvalue weighted by Gasteiger charge is 2.43. The molecule has 0 aromatic heterocycles. The Kier molecular flexibility index (Phi) is 4.39. The molecule has 0 aliphatic carbocycles. The Balaban J connectivity index is 2.04. The first-order valence-corrected chi connectivity index (χ1v) is 5.97. The van der Waals surface area contributed by atoms with Gasteiger partial charge in [-0.25, -0.2) is 0 Å². The Morgan fingerprint density at radius 1 is 1.11 bits per heavy atom. The lowest BCUT2D eigenvalue weighted by Crippen LogP contribution is -2.59. The second-order valence-corrected chi connectivity index (χ2v) is 4.36. The maximum absolute atomic E-state index is 9.79. The molecule has 1 saturated heterocycles. The summed E-state index contributed by atoms with van der Waals surface area (Å²) in [5.74, 6) is 0. The summed E-state index contributed by atoms with van der Waals surface area (Å²) < 4.78 is 18.3. The fraction of sp³-hybridized carbons (Fsp3) is 0.538. The van der Waals surface area contributed by atoms with Crippen molar-refractivity contribution in [1.82, 2.24) is 0 Å². The van der Waals surface area contributed by atoms with Crippen molar-refractivity contribution in [1.29, 1.82) is 0 Å². The molecule has 1 aromatic carbocycles. The molecule has 0 bridgehead atoms. The Bertz CT molecular complexity index is 415. The summed E-state index contributed by atoms with van der Waals surface area (Å²) in [7, 11) is 0. The predicted octanol–water partition coefficient (Wildman–Crippen LogP) is -0.997. The van der Waals surface area contributed by atoms with Crippen LogP contribution in [-0.2, 0) is 16.1 Å². The van der Waals surface area contributed by atoms with E-state index in [9.17, 15) is 15.3 Å². The molecule has 1 aliphatic heterocycles. The summed E-state index contributed by atoms with van der Waals surface area (Å²) in [6.45, 7) is -1.64. The minimum atomic E-state index is -1.51. The second kappa shape index (κ2) is 6.42. The van der Waals surface area contributed by atoms with E-state index in [1.54, 1.807) is 30.3 Å². The van der Waals surface area contributed by atoms with Crippen molar-refractivity contribution in [3.05, 3.63) is 35.9 Å². The predicted molar refractivity (Wildman–Crippen MR) is 65.0 cm³/mol. The lowest BCUT2D eigenvalue weighted by atomic mass is 9.99. The van der Waals surface area contributed by atoms with Crippen LogP contribution in [0.4, 0.5) is 0 Å². The van der Waals surface area contributed by atoms with Gasteiger partial charge in [0, 0.05) is 0 Å². The van der Waals surface area contributed by atoms with Crippen molar-refractivity contribution in [2.45, 2.75) is 37.3 Å². The number of aliphatic hydroxyl groups is 4.